The van der Waals surface area contributed by atoms with Gasteiger partial charge in [-0.25, -0.2) is 0 Å². The number of aliphatic hydroxyl groups is 1. The Balaban J connectivity index is 1.87. The molecule has 0 radical (unpaired) electrons. The van der Waals surface area contributed by atoms with Crippen LogP contribution in [0.3, 0.4) is 0 Å². The smallest absolute Gasteiger partial charge is 0.438 e. The molecule has 1 heterocycles. The van der Waals surface area contributed by atoms with Crippen molar-refractivity contribution in [2.24, 2.45) is 5.10 Å². The van der Waals surface area contributed by atoms with Crippen molar-refractivity contribution in [1.82, 2.24) is 5.01 Å². The molecule has 1 aliphatic heterocycles. The van der Waals surface area contributed by atoms with Crippen molar-refractivity contribution in [2.45, 2.75) is 18.3 Å². The molecule has 29 heavy (non-hydrogen) atoms. The molecule has 0 aliphatic carbocycles. The van der Waals surface area contributed by atoms with Gasteiger partial charge >= 0.3 is 6.18 Å². The zero-order valence-corrected chi connectivity index (χ0v) is 16.7. The number of hydrogen-bond donors (Lipinski definition) is 1. The lowest BCUT2D eigenvalue weighted by Crippen LogP contribution is -2.57. The molecule has 6 nitrogen and oxygen atoms in total. The van der Waals surface area contributed by atoms with E-state index in [2.05, 4.69) is 21.0 Å². The minimum absolute atomic E-state index is 0.0403. The zero-order valence-electron chi connectivity index (χ0n) is 15.1. The van der Waals surface area contributed by atoms with Gasteiger partial charge in [-0.3, -0.25) is 4.79 Å². The summed E-state index contributed by atoms with van der Waals surface area (Å²) in [4.78, 5) is 12.5. The van der Waals surface area contributed by atoms with E-state index in [4.69, 9.17) is 9.47 Å². The van der Waals surface area contributed by atoms with Crippen molar-refractivity contribution >= 4 is 27.5 Å². The molecule has 3 rings (SSSR count). The third-order valence-electron chi connectivity index (χ3n) is 4.25. The molecule has 0 spiro atoms. The molecule has 2 aromatic rings. The van der Waals surface area contributed by atoms with Crippen LogP contribution in [0.1, 0.15) is 12.0 Å². The summed E-state index contributed by atoms with van der Waals surface area (Å²) in [7, 11) is 1.39. The molecule has 0 aromatic heterocycles. The first kappa shape index (κ1) is 21.1. The first-order valence-electron chi connectivity index (χ1n) is 8.37. The molecule has 0 saturated carbocycles. The lowest BCUT2D eigenvalue weighted by Gasteiger charge is -2.32. The Kier molecular flexibility index (Phi) is 5.85. The Morgan fingerprint density at radius 1 is 1.24 bits per heavy atom. The quantitative estimate of drug-likeness (QED) is 0.719. The first-order valence-corrected chi connectivity index (χ1v) is 9.16. The highest BCUT2D eigenvalue weighted by molar-refractivity contribution is 9.10. The second kappa shape index (κ2) is 8.03. The Labute approximate surface area is 172 Å². The van der Waals surface area contributed by atoms with E-state index in [9.17, 15) is 23.1 Å². The molecule has 2 aromatic carbocycles. The standard InChI is InChI=1S/C19H16BrF3N2O4/c1-28-15-7-2-3-8-16(15)29-11-17(26)25-18(27,19(21,22)23)10-14(24-25)12-5-4-6-13(20)9-12/h2-9,27H,10-11H2,1H3/t18-/m0/s1. The number of rotatable bonds is 5. The first-order chi connectivity index (χ1) is 13.7. The van der Waals surface area contributed by atoms with Gasteiger partial charge in [0.15, 0.2) is 18.1 Å². The number of ether oxygens (including phenoxy) is 2. The molecule has 0 saturated heterocycles. The number of carbonyl (C=O) groups excluding carboxylic acids is 1. The summed E-state index contributed by atoms with van der Waals surface area (Å²) in [6.45, 7) is -0.770. The summed E-state index contributed by atoms with van der Waals surface area (Å²) in [6, 6.07) is 12.8. The second-order valence-corrected chi connectivity index (χ2v) is 7.11. The molecule has 1 aliphatic rings. The summed E-state index contributed by atoms with van der Waals surface area (Å²) in [6.07, 6.45) is -6.02. The van der Waals surface area contributed by atoms with Crippen LogP contribution in [0.4, 0.5) is 13.2 Å². The fourth-order valence-electron chi connectivity index (χ4n) is 2.80. The monoisotopic (exact) mass is 472 g/mol. The summed E-state index contributed by atoms with van der Waals surface area (Å²) in [5.41, 5.74) is -3.19. The normalized spacial score (nSPS) is 19.1. The fourth-order valence-corrected chi connectivity index (χ4v) is 3.20. The maximum atomic E-state index is 13.6. The minimum atomic E-state index is -5.12. The van der Waals surface area contributed by atoms with Gasteiger partial charge in [0.2, 0.25) is 0 Å². The third kappa shape index (κ3) is 4.23. The maximum Gasteiger partial charge on any atom is 0.438 e. The van der Waals surface area contributed by atoms with Crippen LogP contribution in [-0.2, 0) is 4.79 Å². The lowest BCUT2D eigenvalue weighted by molar-refractivity contribution is -0.302. The topological polar surface area (TPSA) is 71.4 Å². The Bertz CT molecular complexity index is 951. The predicted octanol–water partition coefficient (Wildman–Crippen LogP) is 3.72. The number of amides is 1. The van der Waals surface area contributed by atoms with E-state index in [1.807, 2.05) is 0 Å². The predicted molar refractivity (Wildman–Crippen MR) is 102 cm³/mol. The molecule has 1 amide bonds. The highest BCUT2D eigenvalue weighted by Gasteiger charge is 2.63. The maximum absolute atomic E-state index is 13.6. The number of hydrogen-bond acceptors (Lipinski definition) is 5. The Morgan fingerprint density at radius 2 is 1.93 bits per heavy atom. The van der Waals surface area contributed by atoms with Crippen molar-refractivity contribution in [1.29, 1.82) is 0 Å². The van der Waals surface area contributed by atoms with Gasteiger partial charge in [0.05, 0.1) is 19.2 Å². The van der Waals surface area contributed by atoms with E-state index >= 15 is 0 Å². The summed E-state index contributed by atoms with van der Waals surface area (Å²) in [5, 5.41) is 14.1. The summed E-state index contributed by atoms with van der Waals surface area (Å²) >= 11 is 3.23. The molecule has 0 bridgehead atoms. The largest absolute Gasteiger partial charge is 0.493 e. The SMILES string of the molecule is COc1ccccc1OCC(=O)N1N=C(c2cccc(Br)c2)C[C@]1(O)C(F)(F)F. The van der Waals surface area contributed by atoms with E-state index in [-0.39, 0.29) is 16.5 Å². The van der Waals surface area contributed by atoms with Gasteiger partial charge in [0.25, 0.3) is 11.6 Å². The lowest BCUT2D eigenvalue weighted by atomic mass is 10.0. The van der Waals surface area contributed by atoms with Gasteiger partial charge in [-0.15, -0.1) is 0 Å². The van der Waals surface area contributed by atoms with Crippen molar-refractivity contribution in [3.63, 3.8) is 0 Å². The summed E-state index contributed by atoms with van der Waals surface area (Å²) < 4.78 is 51.8. The van der Waals surface area contributed by atoms with Gasteiger partial charge in [-0.1, -0.05) is 40.2 Å². The molecule has 154 valence electrons. The number of methoxy groups -OCH3 is 1. The molecule has 0 fully saturated rings. The number of nitrogens with zero attached hydrogens (tertiary/aromatic N) is 2. The highest BCUT2D eigenvalue weighted by atomic mass is 79.9. The van der Waals surface area contributed by atoms with Gasteiger partial charge in [-0.05, 0) is 29.8 Å². The number of alkyl halides is 3. The van der Waals surface area contributed by atoms with Crippen molar-refractivity contribution in [2.75, 3.05) is 13.7 Å². The van der Waals surface area contributed by atoms with Crippen molar-refractivity contribution < 1.29 is 32.5 Å². The molecule has 10 heteroatoms. The van der Waals surface area contributed by atoms with Crippen LogP contribution in [0.25, 0.3) is 0 Å². The van der Waals surface area contributed by atoms with Crippen LogP contribution >= 0.6 is 15.9 Å². The van der Waals surface area contributed by atoms with Crippen LogP contribution in [0.2, 0.25) is 0 Å². The fraction of sp³-hybridized carbons (Fsp3) is 0.263. The van der Waals surface area contributed by atoms with Crippen LogP contribution in [0.5, 0.6) is 11.5 Å². The number of halogens is 4. The zero-order chi connectivity index (χ0) is 21.2. The van der Waals surface area contributed by atoms with Gasteiger partial charge in [0, 0.05) is 4.47 Å². The van der Waals surface area contributed by atoms with Crippen LogP contribution in [0.15, 0.2) is 58.1 Å². The van der Waals surface area contributed by atoms with Gasteiger partial charge < -0.3 is 14.6 Å². The van der Waals surface area contributed by atoms with Crippen molar-refractivity contribution in [3.05, 3.63) is 58.6 Å². The van der Waals surface area contributed by atoms with Gasteiger partial charge in [0.1, 0.15) is 0 Å². The molecular weight excluding hydrogens is 457 g/mol. The Hall–Kier alpha value is -2.59. The second-order valence-electron chi connectivity index (χ2n) is 6.19. The van der Waals surface area contributed by atoms with Crippen LogP contribution in [0, 0.1) is 0 Å². The van der Waals surface area contributed by atoms with Gasteiger partial charge in [-0.2, -0.15) is 23.3 Å². The molecular formula is C19H16BrF3N2O4. The molecule has 1 atom stereocenters. The van der Waals surface area contributed by atoms with E-state index in [1.165, 1.54) is 13.2 Å². The highest BCUT2D eigenvalue weighted by Crippen LogP contribution is 2.41. The molecule has 0 unspecified atom stereocenters. The molecule has 1 N–H and O–H groups in total. The third-order valence-corrected chi connectivity index (χ3v) is 4.75. The number of carbonyl (C=O) groups is 1. The minimum Gasteiger partial charge on any atom is -0.493 e. The van der Waals surface area contributed by atoms with E-state index in [1.54, 1.807) is 42.5 Å². The van der Waals surface area contributed by atoms with E-state index < -0.39 is 30.8 Å². The van der Waals surface area contributed by atoms with E-state index in [0.717, 1.165) is 0 Å². The number of hydrazone groups is 1. The van der Waals surface area contributed by atoms with Crippen LogP contribution < -0.4 is 9.47 Å². The Morgan fingerprint density at radius 3 is 2.55 bits per heavy atom. The van der Waals surface area contributed by atoms with Crippen LogP contribution in [-0.4, -0.2) is 47.4 Å². The average Bonchev–Trinajstić information content (AvgIpc) is 3.05. The summed E-state index contributed by atoms with van der Waals surface area (Å²) in [5.74, 6) is -0.666. The average molecular weight is 473 g/mol. The number of para-hydroxylation sites is 2. The van der Waals surface area contributed by atoms with Crippen molar-refractivity contribution in [3.8, 4) is 11.5 Å². The number of benzene rings is 2. The van der Waals surface area contributed by atoms with E-state index in [0.29, 0.717) is 15.8 Å².